The molecule has 0 bridgehead atoms. The Balaban J connectivity index is 1.70. The van der Waals surface area contributed by atoms with Gasteiger partial charge in [-0.15, -0.1) is 0 Å². The molecule has 4 aliphatic carbocycles. The summed E-state index contributed by atoms with van der Waals surface area (Å²) in [5.41, 5.74) is 2.00. The Labute approximate surface area is 128 Å². The smallest absolute Gasteiger partial charge is 0.0577 e. The molecular formula is C19H30O2. The summed E-state index contributed by atoms with van der Waals surface area (Å²) in [6, 6.07) is 0. The van der Waals surface area contributed by atoms with Crippen molar-refractivity contribution in [2.24, 2.45) is 28.6 Å². The highest BCUT2D eigenvalue weighted by molar-refractivity contribution is 5.26. The summed E-state index contributed by atoms with van der Waals surface area (Å²) in [4.78, 5) is 0. The van der Waals surface area contributed by atoms with Gasteiger partial charge in [-0.2, -0.15) is 0 Å². The fourth-order valence-electron chi connectivity index (χ4n) is 6.73. The highest BCUT2D eigenvalue weighted by Crippen LogP contribution is 2.64. The molecular weight excluding hydrogens is 260 g/mol. The van der Waals surface area contributed by atoms with E-state index in [1.54, 1.807) is 0 Å². The van der Waals surface area contributed by atoms with Gasteiger partial charge in [-0.3, -0.25) is 0 Å². The van der Waals surface area contributed by atoms with Crippen molar-refractivity contribution in [3.05, 3.63) is 11.6 Å². The maximum atomic E-state index is 10.3. The van der Waals surface area contributed by atoms with E-state index < -0.39 is 0 Å². The van der Waals surface area contributed by atoms with E-state index in [0.717, 1.165) is 31.1 Å². The molecule has 0 spiro atoms. The molecule has 4 rings (SSSR count). The molecule has 0 aromatic carbocycles. The average Bonchev–Trinajstić information content (AvgIpc) is 2.88. The van der Waals surface area contributed by atoms with Gasteiger partial charge < -0.3 is 10.2 Å². The number of rotatable bonds is 1. The van der Waals surface area contributed by atoms with Crippen molar-refractivity contribution in [3.63, 3.8) is 0 Å². The fraction of sp³-hybridized carbons (Fsp3) is 0.895. The molecule has 0 aromatic heterocycles. The topological polar surface area (TPSA) is 40.5 Å². The first-order chi connectivity index (χ1) is 10.1. The van der Waals surface area contributed by atoms with Crippen LogP contribution < -0.4 is 0 Å². The van der Waals surface area contributed by atoms with Gasteiger partial charge in [-0.05, 0) is 74.5 Å². The monoisotopic (exact) mass is 290 g/mol. The lowest BCUT2D eigenvalue weighted by atomic mass is 9.48. The van der Waals surface area contributed by atoms with Gasteiger partial charge in [0.25, 0.3) is 0 Å². The molecule has 6 atom stereocenters. The maximum Gasteiger partial charge on any atom is 0.0577 e. The standard InChI is InChI=1S/C19H30O2/c1-18-8-2-3-16(18)15-5-4-13-11-14(21)6-10-19(13,12-20)17(15)7-9-18/h4,14-17,20-21H,2-3,5-12H2,1H3/t14-,15+,16+,17+,18+,19-/m1/s1. The number of aliphatic hydroxyl groups is 2. The SMILES string of the molecule is C[C@@]12CCC[C@H]1[C@@H]1CC=C3C[C@H](O)CC[C@]3(CO)[C@H]1CC2. The molecule has 0 heterocycles. The molecule has 2 N–H and O–H groups in total. The average molecular weight is 290 g/mol. The Bertz CT molecular complexity index is 456. The lowest BCUT2D eigenvalue weighted by Crippen LogP contribution is -2.52. The summed E-state index contributed by atoms with van der Waals surface area (Å²) in [7, 11) is 0. The molecule has 0 saturated heterocycles. The van der Waals surface area contributed by atoms with Crippen LogP contribution in [0.2, 0.25) is 0 Å². The van der Waals surface area contributed by atoms with E-state index in [9.17, 15) is 10.2 Å². The fourth-order valence-corrected chi connectivity index (χ4v) is 6.73. The molecule has 0 unspecified atom stereocenters. The minimum atomic E-state index is -0.173. The van der Waals surface area contributed by atoms with E-state index in [0.29, 0.717) is 17.9 Å². The molecule has 3 fully saturated rings. The molecule has 0 aromatic rings. The van der Waals surface area contributed by atoms with Gasteiger partial charge in [0.2, 0.25) is 0 Å². The summed E-state index contributed by atoms with van der Waals surface area (Å²) in [5, 5.41) is 20.3. The quantitative estimate of drug-likeness (QED) is 0.723. The highest BCUT2D eigenvalue weighted by Gasteiger charge is 2.57. The van der Waals surface area contributed by atoms with Gasteiger partial charge >= 0.3 is 0 Å². The number of hydrogen-bond donors (Lipinski definition) is 2. The number of aliphatic hydroxyl groups excluding tert-OH is 2. The van der Waals surface area contributed by atoms with Crippen LogP contribution in [0.1, 0.15) is 64.7 Å². The predicted octanol–water partition coefficient (Wildman–Crippen LogP) is 3.67. The van der Waals surface area contributed by atoms with Crippen LogP contribution in [-0.2, 0) is 0 Å². The maximum absolute atomic E-state index is 10.3. The summed E-state index contributed by atoms with van der Waals surface area (Å²) in [6.45, 7) is 2.83. The van der Waals surface area contributed by atoms with E-state index in [1.165, 1.54) is 44.1 Å². The Morgan fingerprint density at radius 2 is 2.00 bits per heavy atom. The second kappa shape index (κ2) is 4.83. The lowest BCUT2D eigenvalue weighted by Gasteiger charge is -2.57. The Morgan fingerprint density at radius 3 is 2.81 bits per heavy atom. The van der Waals surface area contributed by atoms with Crippen molar-refractivity contribution in [2.75, 3.05) is 6.61 Å². The summed E-state index contributed by atoms with van der Waals surface area (Å²) in [6.07, 6.45) is 13.0. The van der Waals surface area contributed by atoms with Crippen molar-refractivity contribution in [1.29, 1.82) is 0 Å². The van der Waals surface area contributed by atoms with Crippen molar-refractivity contribution in [3.8, 4) is 0 Å². The van der Waals surface area contributed by atoms with Gasteiger partial charge in [0.15, 0.2) is 0 Å². The minimum Gasteiger partial charge on any atom is -0.395 e. The van der Waals surface area contributed by atoms with Crippen LogP contribution in [0.15, 0.2) is 11.6 Å². The second-order valence-corrected chi connectivity index (χ2v) is 8.64. The third kappa shape index (κ3) is 1.91. The predicted molar refractivity (Wildman–Crippen MR) is 83.7 cm³/mol. The van der Waals surface area contributed by atoms with Gasteiger partial charge in [0.05, 0.1) is 12.7 Å². The number of hydrogen-bond acceptors (Lipinski definition) is 2. The van der Waals surface area contributed by atoms with E-state index >= 15 is 0 Å². The summed E-state index contributed by atoms with van der Waals surface area (Å²) >= 11 is 0. The van der Waals surface area contributed by atoms with E-state index in [4.69, 9.17) is 0 Å². The van der Waals surface area contributed by atoms with E-state index in [-0.39, 0.29) is 11.5 Å². The molecule has 0 amide bonds. The van der Waals surface area contributed by atoms with Crippen LogP contribution in [0.25, 0.3) is 0 Å². The highest BCUT2D eigenvalue weighted by atomic mass is 16.3. The van der Waals surface area contributed by atoms with Crippen LogP contribution in [-0.4, -0.2) is 22.9 Å². The molecule has 0 radical (unpaired) electrons. The molecule has 3 saturated carbocycles. The van der Waals surface area contributed by atoms with Crippen LogP contribution in [0.4, 0.5) is 0 Å². The van der Waals surface area contributed by atoms with Crippen LogP contribution in [0.3, 0.4) is 0 Å². The van der Waals surface area contributed by atoms with Gasteiger partial charge in [0.1, 0.15) is 0 Å². The molecule has 118 valence electrons. The van der Waals surface area contributed by atoms with E-state index in [1.807, 2.05) is 0 Å². The zero-order valence-corrected chi connectivity index (χ0v) is 13.4. The van der Waals surface area contributed by atoms with Crippen LogP contribution in [0.5, 0.6) is 0 Å². The molecule has 2 heteroatoms. The third-order valence-electron chi connectivity index (χ3n) is 7.87. The van der Waals surface area contributed by atoms with E-state index in [2.05, 4.69) is 13.0 Å². The molecule has 4 aliphatic rings. The van der Waals surface area contributed by atoms with Gasteiger partial charge in [-0.1, -0.05) is 25.0 Å². The van der Waals surface area contributed by atoms with Gasteiger partial charge in [0, 0.05) is 5.41 Å². The molecule has 2 nitrogen and oxygen atoms in total. The Morgan fingerprint density at radius 1 is 1.14 bits per heavy atom. The van der Waals surface area contributed by atoms with Crippen LogP contribution >= 0.6 is 0 Å². The Hall–Kier alpha value is -0.340. The first-order valence-corrected chi connectivity index (χ1v) is 9.07. The van der Waals surface area contributed by atoms with Crippen LogP contribution in [0, 0.1) is 28.6 Å². The van der Waals surface area contributed by atoms with Crippen molar-refractivity contribution in [1.82, 2.24) is 0 Å². The molecule has 0 aliphatic heterocycles. The largest absolute Gasteiger partial charge is 0.395 e. The zero-order valence-electron chi connectivity index (χ0n) is 13.4. The first kappa shape index (κ1) is 14.3. The lowest BCUT2D eigenvalue weighted by molar-refractivity contribution is -0.0648. The summed E-state index contributed by atoms with van der Waals surface area (Å²) in [5.74, 6) is 2.34. The molecule has 21 heavy (non-hydrogen) atoms. The second-order valence-electron chi connectivity index (χ2n) is 8.64. The van der Waals surface area contributed by atoms with Gasteiger partial charge in [-0.25, -0.2) is 0 Å². The normalized spacial score (nSPS) is 52.6. The zero-order chi connectivity index (χ0) is 14.7. The van der Waals surface area contributed by atoms with Crippen molar-refractivity contribution in [2.45, 2.75) is 70.8 Å². The Kier molecular flexibility index (Phi) is 3.28. The first-order valence-electron chi connectivity index (χ1n) is 9.07. The summed E-state index contributed by atoms with van der Waals surface area (Å²) < 4.78 is 0. The number of allylic oxidation sites excluding steroid dienone is 1. The van der Waals surface area contributed by atoms with Crippen molar-refractivity contribution >= 4 is 0 Å². The minimum absolute atomic E-state index is 0.0199. The third-order valence-corrected chi connectivity index (χ3v) is 7.87. The number of fused-ring (bicyclic) bond motifs is 5. The van der Waals surface area contributed by atoms with Crippen molar-refractivity contribution < 1.29 is 10.2 Å².